The highest BCUT2D eigenvalue weighted by molar-refractivity contribution is 9.10. The van der Waals surface area contributed by atoms with Crippen LogP contribution in [0.2, 0.25) is 0 Å². The van der Waals surface area contributed by atoms with Gasteiger partial charge in [-0.1, -0.05) is 6.42 Å². The predicted octanol–water partition coefficient (Wildman–Crippen LogP) is 2.46. The van der Waals surface area contributed by atoms with Crippen molar-refractivity contribution in [1.82, 2.24) is 10.6 Å². The van der Waals surface area contributed by atoms with Gasteiger partial charge in [-0.15, -0.1) is 0 Å². The van der Waals surface area contributed by atoms with Crippen molar-refractivity contribution < 1.29 is 9.18 Å². The second kappa shape index (κ2) is 6.29. The summed E-state index contributed by atoms with van der Waals surface area (Å²) in [6.07, 6.45) is 3.20. The molecule has 98 valence electrons. The lowest BCUT2D eigenvalue weighted by atomic mass is 10.1. The normalized spacial score (nSPS) is 20.2. The van der Waals surface area contributed by atoms with E-state index < -0.39 is 5.82 Å². The average Bonchev–Trinajstić information content (AvgIpc) is 2.61. The summed E-state index contributed by atoms with van der Waals surface area (Å²) in [6, 6.07) is 4.25. The van der Waals surface area contributed by atoms with Crippen molar-refractivity contribution >= 4 is 21.8 Å². The zero-order valence-corrected chi connectivity index (χ0v) is 11.6. The van der Waals surface area contributed by atoms with Gasteiger partial charge in [0.2, 0.25) is 0 Å². The molecule has 1 amide bonds. The molecule has 1 fully saturated rings. The molecule has 0 radical (unpaired) electrons. The maximum atomic E-state index is 13.1. The lowest BCUT2D eigenvalue weighted by Gasteiger charge is -2.16. The van der Waals surface area contributed by atoms with Gasteiger partial charge in [0, 0.05) is 17.1 Å². The van der Waals surface area contributed by atoms with E-state index >= 15 is 0 Å². The van der Waals surface area contributed by atoms with Crippen LogP contribution >= 0.6 is 15.9 Å². The third-order valence-electron chi connectivity index (χ3n) is 3.06. The summed E-state index contributed by atoms with van der Waals surface area (Å²) in [5.41, 5.74) is 0.347. The first-order chi connectivity index (χ1) is 8.66. The van der Waals surface area contributed by atoms with E-state index in [1.807, 2.05) is 0 Å². The Morgan fingerprint density at radius 3 is 3.11 bits per heavy atom. The smallest absolute Gasteiger partial charge is 0.252 e. The number of hydrogen-bond acceptors (Lipinski definition) is 2. The van der Waals surface area contributed by atoms with Crippen LogP contribution in [0.25, 0.3) is 0 Å². The first-order valence-electron chi connectivity index (χ1n) is 6.13. The molecule has 3 nitrogen and oxygen atoms in total. The molecule has 1 aliphatic heterocycles. The quantitative estimate of drug-likeness (QED) is 0.880. The predicted molar refractivity (Wildman–Crippen MR) is 72.1 cm³/mol. The summed E-state index contributed by atoms with van der Waals surface area (Å²) in [4.78, 5) is 12.1. The van der Waals surface area contributed by atoms with Crippen molar-refractivity contribution in [2.24, 2.45) is 0 Å². The lowest BCUT2D eigenvalue weighted by Crippen LogP contribution is -2.41. The zero-order valence-electron chi connectivity index (χ0n) is 10.0. The van der Waals surface area contributed by atoms with Gasteiger partial charge in [0.05, 0.1) is 5.56 Å². The molecular weight excluding hydrogens is 299 g/mol. The standard InChI is InChI=1S/C13H16BrFN2O/c14-12-5-4-9(15)7-11(12)13(18)17-10-3-1-2-6-16-8-10/h4-5,7,10,16H,1-3,6,8H2,(H,17,18). The Balaban J connectivity index is 2.04. The molecule has 18 heavy (non-hydrogen) atoms. The Morgan fingerprint density at radius 2 is 2.28 bits per heavy atom. The third kappa shape index (κ3) is 3.53. The SMILES string of the molecule is O=C(NC1CCCCNC1)c1cc(F)ccc1Br. The van der Waals surface area contributed by atoms with E-state index in [1.54, 1.807) is 6.07 Å². The molecule has 1 heterocycles. The molecule has 1 atom stereocenters. The van der Waals surface area contributed by atoms with Gasteiger partial charge in [-0.2, -0.15) is 0 Å². The molecule has 2 N–H and O–H groups in total. The van der Waals surface area contributed by atoms with Crippen LogP contribution < -0.4 is 10.6 Å². The largest absolute Gasteiger partial charge is 0.348 e. The van der Waals surface area contributed by atoms with Crippen LogP contribution in [0, 0.1) is 5.82 Å². The lowest BCUT2D eigenvalue weighted by molar-refractivity contribution is 0.0934. The molecule has 1 aromatic rings. The molecule has 1 aromatic carbocycles. The van der Waals surface area contributed by atoms with Gasteiger partial charge in [-0.25, -0.2) is 4.39 Å². The van der Waals surface area contributed by atoms with Crippen LogP contribution in [-0.2, 0) is 0 Å². The highest BCUT2D eigenvalue weighted by Crippen LogP contribution is 2.18. The number of amides is 1. The van der Waals surface area contributed by atoms with Gasteiger partial charge >= 0.3 is 0 Å². The van der Waals surface area contributed by atoms with E-state index in [9.17, 15) is 9.18 Å². The monoisotopic (exact) mass is 314 g/mol. The summed E-state index contributed by atoms with van der Waals surface area (Å²) >= 11 is 3.27. The maximum absolute atomic E-state index is 13.1. The molecule has 2 rings (SSSR count). The van der Waals surface area contributed by atoms with Crippen LogP contribution in [0.5, 0.6) is 0 Å². The number of benzene rings is 1. The van der Waals surface area contributed by atoms with Crippen molar-refractivity contribution in [3.63, 3.8) is 0 Å². The number of carbonyl (C=O) groups is 1. The molecule has 0 aliphatic carbocycles. The van der Waals surface area contributed by atoms with E-state index in [-0.39, 0.29) is 11.9 Å². The molecule has 5 heteroatoms. The molecule has 0 bridgehead atoms. The van der Waals surface area contributed by atoms with Crippen LogP contribution in [0.4, 0.5) is 4.39 Å². The van der Waals surface area contributed by atoms with Crippen LogP contribution in [0.3, 0.4) is 0 Å². The Hall–Kier alpha value is -0.940. The summed E-state index contributed by atoms with van der Waals surface area (Å²) in [7, 11) is 0. The minimum absolute atomic E-state index is 0.121. The van der Waals surface area contributed by atoms with Gasteiger partial charge in [0.15, 0.2) is 0 Å². The van der Waals surface area contributed by atoms with E-state index in [4.69, 9.17) is 0 Å². The second-order valence-corrected chi connectivity index (χ2v) is 5.35. The fourth-order valence-corrected chi connectivity index (χ4v) is 2.50. The Kier molecular flexibility index (Phi) is 4.72. The molecule has 1 aliphatic rings. The molecule has 0 saturated carbocycles. The molecule has 1 unspecified atom stereocenters. The number of carbonyl (C=O) groups excluding carboxylic acids is 1. The van der Waals surface area contributed by atoms with Crippen LogP contribution in [0.1, 0.15) is 29.6 Å². The summed E-state index contributed by atoms with van der Waals surface area (Å²) < 4.78 is 13.8. The number of halogens is 2. The van der Waals surface area contributed by atoms with Gasteiger partial charge in [0.1, 0.15) is 5.82 Å². The molecule has 0 aromatic heterocycles. The minimum Gasteiger partial charge on any atom is -0.348 e. The fourth-order valence-electron chi connectivity index (χ4n) is 2.08. The van der Waals surface area contributed by atoms with Gasteiger partial charge in [-0.3, -0.25) is 4.79 Å². The first-order valence-corrected chi connectivity index (χ1v) is 6.93. The second-order valence-electron chi connectivity index (χ2n) is 4.49. The first kappa shape index (κ1) is 13.5. The highest BCUT2D eigenvalue weighted by Gasteiger charge is 2.17. The highest BCUT2D eigenvalue weighted by atomic mass is 79.9. The van der Waals surface area contributed by atoms with Crippen molar-refractivity contribution in [3.8, 4) is 0 Å². The van der Waals surface area contributed by atoms with E-state index in [1.165, 1.54) is 12.1 Å². The van der Waals surface area contributed by atoms with Crippen LogP contribution in [-0.4, -0.2) is 25.0 Å². The van der Waals surface area contributed by atoms with Gasteiger partial charge in [-0.05, 0) is 53.5 Å². The van der Waals surface area contributed by atoms with Crippen molar-refractivity contribution in [3.05, 3.63) is 34.1 Å². The van der Waals surface area contributed by atoms with Crippen molar-refractivity contribution in [1.29, 1.82) is 0 Å². The Bertz CT molecular complexity index is 431. The Morgan fingerprint density at radius 1 is 1.44 bits per heavy atom. The van der Waals surface area contributed by atoms with Gasteiger partial charge in [0.25, 0.3) is 5.91 Å². The summed E-state index contributed by atoms with van der Waals surface area (Å²) in [6.45, 7) is 1.77. The van der Waals surface area contributed by atoms with E-state index in [0.717, 1.165) is 32.4 Å². The summed E-state index contributed by atoms with van der Waals surface area (Å²) in [5.74, 6) is -0.627. The minimum atomic E-state index is -0.401. The molecular formula is C13H16BrFN2O. The van der Waals surface area contributed by atoms with Crippen molar-refractivity contribution in [2.45, 2.75) is 25.3 Å². The van der Waals surface area contributed by atoms with Gasteiger partial charge < -0.3 is 10.6 Å². The van der Waals surface area contributed by atoms with E-state index in [0.29, 0.717) is 10.0 Å². The van der Waals surface area contributed by atoms with Crippen LogP contribution in [0.15, 0.2) is 22.7 Å². The third-order valence-corrected chi connectivity index (χ3v) is 3.75. The fraction of sp³-hybridized carbons (Fsp3) is 0.462. The molecule has 0 spiro atoms. The van der Waals surface area contributed by atoms with E-state index in [2.05, 4.69) is 26.6 Å². The van der Waals surface area contributed by atoms with Crippen molar-refractivity contribution in [2.75, 3.05) is 13.1 Å². The number of hydrogen-bond donors (Lipinski definition) is 2. The Labute approximate surface area is 114 Å². The topological polar surface area (TPSA) is 41.1 Å². The summed E-state index contributed by atoms with van der Waals surface area (Å²) in [5, 5.41) is 6.22. The maximum Gasteiger partial charge on any atom is 0.252 e. The average molecular weight is 315 g/mol. The number of rotatable bonds is 2. The number of nitrogens with one attached hydrogen (secondary N) is 2. The zero-order chi connectivity index (χ0) is 13.0. The molecule has 1 saturated heterocycles.